The van der Waals surface area contributed by atoms with Crippen molar-refractivity contribution in [1.82, 2.24) is 4.90 Å². The van der Waals surface area contributed by atoms with Gasteiger partial charge in [0, 0.05) is 12.1 Å². The lowest BCUT2D eigenvalue weighted by Gasteiger charge is -2.44. The summed E-state index contributed by atoms with van der Waals surface area (Å²) in [7, 11) is 4.03. The number of hydrogen-bond donors (Lipinski definition) is 0. The number of methoxy groups -OCH3 is 1. The van der Waals surface area contributed by atoms with E-state index in [1.807, 2.05) is 6.26 Å². The Labute approximate surface area is 80.6 Å². The molecule has 13 heavy (non-hydrogen) atoms. The van der Waals surface area contributed by atoms with Crippen molar-refractivity contribution in [3.63, 3.8) is 0 Å². The number of fused-ring (bicyclic) bond motifs is 2. The lowest BCUT2D eigenvalue weighted by atomic mass is 9.82. The second-order valence-corrected chi connectivity index (χ2v) is 4.32. The van der Waals surface area contributed by atoms with Crippen LogP contribution >= 0.6 is 0 Å². The highest BCUT2D eigenvalue weighted by Crippen LogP contribution is 2.35. The lowest BCUT2D eigenvalue weighted by molar-refractivity contribution is 0.0885. The molecule has 0 radical (unpaired) electrons. The van der Waals surface area contributed by atoms with E-state index in [4.69, 9.17) is 4.74 Å². The monoisotopic (exact) mass is 181 g/mol. The predicted molar refractivity (Wildman–Crippen MR) is 53.5 cm³/mol. The van der Waals surface area contributed by atoms with Gasteiger partial charge in [-0.3, -0.25) is 4.90 Å². The standard InChI is InChI=1S/C11H19NO/c1-12-10-4-3-5-11(12)7-9(6-10)8-13-2/h8,10-11H,3-7H2,1-2H3. The summed E-state index contributed by atoms with van der Waals surface area (Å²) in [5, 5.41) is 0. The van der Waals surface area contributed by atoms with Gasteiger partial charge in [-0.2, -0.15) is 0 Å². The maximum Gasteiger partial charge on any atom is 0.0817 e. The summed E-state index contributed by atoms with van der Waals surface area (Å²) in [6, 6.07) is 1.57. The second-order valence-electron chi connectivity index (χ2n) is 4.32. The number of rotatable bonds is 1. The Balaban J connectivity index is 2.07. The lowest BCUT2D eigenvalue weighted by Crippen LogP contribution is -2.47. The average Bonchev–Trinajstić information content (AvgIpc) is 2.07. The van der Waals surface area contributed by atoms with E-state index in [2.05, 4.69) is 11.9 Å². The molecular weight excluding hydrogens is 162 g/mol. The largest absolute Gasteiger partial charge is 0.504 e. The first kappa shape index (κ1) is 9.07. The number of piperidine rings is 2. The van der Waals surface area contributed by atoms with Crippen LogP contribution in [0.25, 0.3) is 0 Å². The summed E-state index contributed by atoms with van der Waals surface area (Å²) in [6.45, 7) is 0. The Hall–Kier alpha value is -0.500. The highest BCUT2D eigenvalue weighted by atomic mass is 16.5. The van der Waals surface area contributed by atoms with Gasteiger partial charge in [-0.1, -0.05) is 6.42 Å². The number of nitrogens with zero attached hydrogens (tertiary/aromatic N) is 1. The van der Waals surface area contributed by atoms with Crippen molar-refractivity contribution in [1.29, 1.82) is 0 Å². The van der Waals surface area contributed by atoms with Gasteiger partial charge in [-0.05, 0) is 38.3 Å². The number of ether oxygens (including phenoxy) is 1. The number of hydrogen-bond acceptors (Lipinski definition) is 2. The maximum absolute atomic E-state index is 5.10. The highest BCUT2D eigenvalue weighted by Gasteiger charge is 2.33. The van der Waals surface area contributed by atoms with Crippen molar-refractivity contribution in [3.8, 4) is 0 Å². The zero-order valence-electron chi connectivity index (χ0n) is 8.62. The van der Waals surface area contributed by atoms with Crippen LogP contribution in [-0.2, 0) is 4.74 Å². The molecule has 0 amide bonds. The SMILES string of the molecule is COC=C1CC2CCCC(C1)N2C. The van der Waals surface area contributed by atoms with Gasteiger partial charge >= 0.3 is 0 Å². The summed E-state index contributed by atoms with van der Waals surface area (Å²) < 4.78 is 5.10. The average molecular weight is 181 g/mol. The van der Waals surface area contributed by atoms with E-state index in [0.717, 1.165) is 12.1 Å². The molecule has 2 heteroatoms. The molecule has 2 nitrogen and oxygen atoms in total. The molecule has 0 aliphatic carbocycles. The molecule has 2 aliphatic rings. The van der Waals surface area contributed by atoms with Crippen LogP contribution in [0.3, 0.4) is 0 Å². The van der Waals surface area contributed by atoms with E-state index in [1.165, 1.54) is 37.7 Å². The minimum atomic E-state index is 0.786. The van der Waals surface area contributed by atoms with E-state index in [0.29, 0.717) is 0 Å². The van der Waals surface area contributed by atoms with Crippen LogP contribution in [0.1, 0.15) is 32.1 Å². The molecule has 0 saturated carbocycles. The molecule has 0 N–H and O–H groups in total. The maximum atomic E-state index is 5.10. The molecule has 2 heterocycles. The Kier molecular flexibility index (Phi) is 2.58. The Morgan fingerprint density at radius 2 is 1.92 bits per heavy atom. The van der Waals surface area contributed by atoms with Crippen LogP contribution < -0.4 is 0 Å². The van der Waals surface area contributed by atoms with Crippen LogP contribution in [0.4, 0.5) is 0 Å². The third kappa shape index (κ3) is 1.73. The van der Waals surface area contributed by atoms with Gasteiger partial charge in [-0.25, -0.2) is 0 Å². The second kappa shape index (κ2) is 3.70. The highest BCUT2D eigenvalue weighted by molar-refractivity contribution is 5.10. The van der Waals surface area contributed by atoms with Gasteiger partial charge in [0.1, 0.15) is 0 Å². The molecular formula is C11H19NO. The van der Waals surface area contributed by atoms with Gasteiger partial charge in [0.05, 0.1) is 13.4 Å². The summed E-state index contributed by atoms with van der Waals surface area (Å²) in [5.74, 6) is 0. The van der Waals surface area contributed by atoms with E-state index in [9.17, 15) is 0 Å². The molecule has 2 rings (SSSR count). The molecule has 0 aromatic carbocycles. The van der Waals surface area contributed by atoms with Crippen molar-refractivity contribution >= 4 is 0 Å². The van der Waals surface area contributed by atoms with Crippen molar-refractivity contribution in [2.75, 3.05) is 14.2 Å². The van der Waals surface area contributed by atoms with E-state index in [-0.39, 0.29) is 0 Å². The third-order valence-corrected chi connectivity index (χ3v) is 3.51. The van der Waals surface area contributed by atoms with Crippen molar-refractivity contribution in [2.45, 2.75) is 44.2 Å². The molecule has 2 aliphatic heterocycles. The minimum absolute atomic E-state index is 0.786. The molecule has 2 fully saturated rings. The Bertz CT molecular complexity index is 196. The summed E-state index contributed by atoms with van der Waals surface area (Å²) in [4.78, 5) is 2.57. The Morgan fingerprint density at radius 1 is 1.31 bits per heavy atom. The fraction of sp³-hybridized carbons (Fsp3) is 0.818. The summed E-state index contributed by atoms with van der Waals surface area (Å²) >= 11 is 0. The molecule has 2 atom stereocenters. The summed E-state index contributed by atoms with van der Waals surface area (Å²) in [6.07, 6.45) is 8.56. The predicted octanol–water partition coefficient (Wildman–Crippen LogP) is 2.16. The quantitative estimate of drug-likeness (QED) is 0.575. The van der Waals surface area contributed by atoms with E-state index < -0.39 is 0 Å². The van der Waals surface area contributed by atoms with Crippen LogP contribution in [0.15, 0.2) is 11.8 Å². The van der Waals surface area contributed by atoms with Crippen molar-refractivity contribution in [3.05, 3.63) is 11.8 Å². The van der Waals surface area contributed by atoms with Gasteiger partial charge in [-0.15, -0.1) is 0 Å². The molecule has 74 valence electrons. The van der Waals surface area contributed by atoms with Crippen molar-refractivity contribution in [2.24, 2.45) is 0 Å². The minimum Gasteiger partial charge on any atom is -0.504 e. The molecule has 0 aromatic heterocycles. The van der Waals surface area contributed by atoms with Gasteiger partial charge in [0.15, 0.2) is 0 Å². The summed E-state index contributed by atoms with van der Waals surface area (Å²) in [5.41, 5.74) is 1.51. The van der Waals surface area contributed by atoms with Gasteiger partial charge in [0.2, 0.25) is 0 Å². The van der Waals surface area contributed by atoms with Gasteiger partial charge in [0.25, 0.3) is 0 Å². The fourth-order valence-corrected chi connectivity index (χ4v) is 2.74. The van der Waals surface area contributed by atoms with Crippen LogP contribution in [0, 0.1) is 0 Å². The first-order valence-electron chi connectivity index (χ1n) is 5.24. The topological polar surface area (TPSA) is 12.5 Å². The fourth-order valence-electron chi connectivity index (χ4n) is 2.74. The van der Waals surface area contributed by atoms with E-state index in [1.54, 1.807) is 7.11 Å². The zero-order valence-corrected chi connectivity index (χ0v) is 8.62. The molecule has 0 spiro atoms. The Morgan fingerprint density at radius 3 is 2.46 bits per heavy atom. The normalized spacial score (nSPS) is 34.5. The molecule has 2 bridgehead atoms. The zero-order chi connectivity index (χ0) is 9.26. The smallest absolute Gasteiger partial charge is 0.0817 e. The first-order valence-corrected chi connectivity index (χ1v) is 5.24. The van der Waals surface area contributed by atoms with Gasteiger partial charge < -0.3 is 4.74 Å². The first-order chi connectivity index (χ1) is 6.31. The van der Waals surface area contributed by atoms with Crippen LogP contribution in [-0.4, -0.2) is 31.1 Å². The molecule has 2 saturated heterocycles. The van der Waals surface area contributed by atoms with Crippen LogP contribution in [0.5, 0.6) is 0 Å². The van der Waals surface area contributed by atoms with Crippen LogP contribution in [0.2, 0.25) is 0 Å². The molecule has 0 aromatic rings. The molecule has 2 unspecified atom stereocenters. The van der Waals surface area contributed by atoms with Crippen molar-refractivity contribution < 1.29 is 4.74 Å². The van der Waals surface area contributed by atoms with E-state index >= 15 is 0 Å². The third-order valence-electron chi connectivity index (χ3n) is 3.51.